The molecule has 0 saturated carbocycles. The Morgan fingerprint density at radius 3 is 2.53 bits per heavy atom. The van der Waals surface area contributed by atoms with Crippen LogP contribution in [0.3, 0.4) is 0 Å². The summed E-state index contributed by atoms with van der Waals surface area (Å²) in [6, 6.07) is 3.98. The van der Waals surface area contributed by atoms with Crippen molar-refractivity contribution in [1.82, 2.24) is 5.32 Å². The molecule has 0 aliphatic heterocycles. The van der Waals surface area contributed by atoms with Gasteiger partial charge in [-0.25, -0.2) is 9.18 Å². The summed E-state index contributed by atoms with van der Waals surface area (Å²) in [5, 5.41) is 10.3. The molecule has 1 aromatic carbocycles. The Kier molecular flexibility index (Phi) is 5.23. The van der Waals surface area contributed by atoms with E-state index in [1.165, 1.54) is 19.4 Å². The van der Waals surface area contributed by atoms with Crippen LogP contribution in [0.2, 0.25) is 0 Å². The minimum Gasteiger partial charge on any atom is -0.465 e. The van der Waals surface area contributed by atoms with Gasteiger partial charge in [0.25, 0.3) is 0 Å². The van der Waals surface area contributed by atoms with Crippen LogP contribution in [0.1, 0.15) is 29.3 Å². The van der Waals surface area contributed by atoms with Crippen LogP contribution in [0.15, 0.2) is 23.8 Å². The van der Waals surface area contributed by atoms with Gasteiger partial charge in [0.05, 0.1) is 12.7 Å². The number of carbonyl (C=O) groups excluding carboxylic acids is 1. The Hall–Kier alpha value is -2.17. The van der Waals surface area contributed by atoms with Gasteiger partial charge in [-0.05, 0) is 30.2 Å². The average molecular weight is 264 g/mol. The van der Waals surface area contributed by atoms with Crippen LogP contribution in [0.25, 0.3) is 5.70 Å². The van der Waals surface area contributed by atoms with Gasteiger partial charge in [-0.15, -0.1) is 0 Å². The van der Waals surface area contributed by atoms with Gasteiger partial charge in [-0.1, -0.05) is 6.92 Å². The third-order valence-corrected chi connectivity index (χ3v) is 2.73. The van der Waals surface area contributed by atoms with Crippen molar-refractivity contribution in [2.24, 2.45) is 0 Å². The zero-order chi connectivity index (χ0) is 14.4. The Balaban J connectivity index is 3.41. The summed E-state index contributed by atoms with van der Waals surface area (Å²) in [5.41, 5.74) is 2.01. The predicted molar refractivity (Wildman–Crippen MR) is 72.8 cm³/mol. The van der Waals surface area contributed by atoms with Gasteiger partial charge in [0.1, 0.15) is 5.82 Å². The second-order valence-corrected chi connectivity index (χ2v) is 3.87. The third-order valence-electron chi connectivity index (χ3n) is 2.73. The van der Waals surface area contributed by atoms with E-state index in [4.69, 9.17) is 5.41 Å². The summed E-state index contributed by atoms with van der Waals surface area (Å²) < 4.78 is 18.2. The van der Waals surface area contributed by atoms with Crippen LogP contribution in [-0.2, 0) is 4.74 Å². The Labute approximate surface area is 111 Å². The first-order valence-corrected chi connectivity index (χ1v) is 5.88. The maximum Gasteiger partial charge on any atom is 0.337 e. The largest absolute Gasteiger partial charge is 0.465 e. The van der Waals surface area contributed by atoms with Gasteiger partial charge in [0, 0.05) is 24.5 Å². The fourth-order valence-electron chi connectivity index (χ4n) is 1.81. The number of methoxy groups -OCH3 is 1. The fourth-order valence-corrected chi connectivity index (χ4v) is 1.81. The minimum atomic E-state index is -0.593. The van der Waals surface area contributed by atoms with Crippen molar-refractivity contribution in [3.63, 3.8) is 0 Å². The second-order valence-electron chi connectivity index (χ2n) is 3.87. The minimum absolute atomic E-state index is 0.144. The van der Waals surface area contributed by atoms with E-state index in [0.717, 1.165) is 11.6 Å². The molecule has 0 spiro atoms. The van der Waals surface area contributed by atoms with Crippen molar-refractivity contribution in [3.8, 4) is 0 Å². The van der Waals surface area contributed by atoms with Crippen LogP contribution in [0.5, 0.6) is 0 Å². The van der Waals surface area contributed by atoms with Gasteiger partial charge >= 0.3 is 5.97 Å². The monoisotopic (exact) mass is 264 g/mol. The molecule has 0 heterocycles. The van der Waals surface area contributed by atoms with Crippen LogP contribution in [0.4, 0.5) is 4.39 Å². The topological polar surface area (TPSA) is 62.2 Å². The molecule has 0 amide bonds. The quantitative estimate of drug-likeness (QED) is 0.634. The van der Waals surface area contributed by atoms with E-state index >= 15 is 0 Å². The summed E-state index contributed by atoms with van der Waals surface area (Å²) in [7, 11) is 2.94. The molecule has 2 N–H and O–H groups in total. The van der Waals surface area contributed by atoms with Crippen LogP contribution >= 0.6 is 0 Å². The van der Waals surface area contributed by atoms with E-state index in [0.29, 0.717) is 17.7 Å². The molecule has 19 heavy (non-hydrogen) atoms. The number of hydrogen-bond acceptors (Lipinski definition) is 4. The lowest BCUT2D eigenvalue weighted by atomic mass is 10.0. The molecule has 0 aliphatic rings. The summed E-state index contributed by atoms with van der Waals surface area (Å²) in [6.07, 6.45) is 1.85. The average Bonchev–Trinajstić information content (AvgIpc) is 2.42. The molecule has 0 atom stereocenters. The third kappa shape index (κ3) is 3.40. The zero-order valence-corrected chi connectivity index (χ0v) is 11.2. The second kappa shape index (κ2) is 6.68. The Bertz CT molecular complexity index is 524. The number of nitrogens with one attached hydrogen (secondary N) is 2. The zero-order valence-electron chi connectivity index (χ0n) is 11.2. The Morgan fingerprint density at radius 2 is 2.05 bits per heavy atom. The number of halogens is 1. The van der Waals surface area contributed by atoms with Gasteiger partial charge in [0.2, 0.25) is 0 Å². The summed E-state index contributed by atoms with van der Waals surface area (Å²) in [6.45, 7) is 1.90. The van der Waals surface area contributed by atoms with Crippen molar-refractivity contribution in [2.75, 3.05) is 14.2 Å². The molecule has 4 nitrogen and oxygen atoms in total. The van der Waals surface area contributed by atoms with Crippen molar-refractivity contribution in [2.45, 2.75) is 13.3 Å². The molecule has 0 unspecified atom stereocenters. The van der Waals surface area contributed by atoms with Crippen LogP contribution in [-0.4, -0.2) is 26.3 Å². The Morgan fingerprint density at radius 1 is 1.42 bits per heavy atom. The highest BCUT2D eigenvalue weighted by atomic mass is 19.1. The fraction of sp³-hybridized carbons (Fsp3) is 0.286. The number of ether oxygens (including phenoxy) is 1. The maximum atomic E-state index is 13.6. The van der Waals surface area contributed by atoms with E-state index in [1.807, 2.05) is 6.92 Å². The van der Waals surface area contributed by atoms with Crippen LogP contribution < -0.4 is 5.32 Å². The molecule has 5 heteroatoms. The lowest BCUT2D eigenvalue weighted by Gasteiger charge is -2.12. The smallest absolute Gasteiger partial charge is 0.337 e. The van der Waals surface area contributed by atoms with Gasteiger partial charge in [-0.2, -0.15) is 0 Å². The maximum absolute atomic E-state index is 13.6. The van der Waals surface area contributed by atoms with Gasteiger partial charge in [0.15, 0.2) is 0 Å². The van der Waals surface area contributed by atoms with Crippen LogP contribution in [0, 0.1) is 11.2 Å². The molecule has 0 aliphatic carbocycles. The molecule has 0 radical (unpaired) electrons. The first-order chi connectivity index (χ1) is 9.07. The van der Waals surface area contributed by atoms with Crippen molar-refractivity contribution < 1.29 is 13.9 Å². The van der Waals surface area contributed by atoms with Crippen molar-refractivity contribution in [1.29, 1.82) is 5.41 Å². The molecule has 0 saturated heterocycles. The number of carbonyl (C=O) groups is 1. The van der Waals surface area contributed by atoms with Gasteiger partial charge < -0.3 is 15.5 Å². The molecule has 0 fully saturated rings. The predicted octanol–water partition coefficient (Wildman–Crippen LogP) is 2.60. The van der Waals surface area contributed by atoms with Crippen molar-refractivity contribution >= 4 is 17.9 Å². The normalized spacial score (nSPS) is 11.6. The summed E-state index contributed by atoms with van der Waals surface area (Å²) in [5.74, 6) is -1.12. The molecule has 0 bridgehead atoms. The van der Waals surface area contributed by atoms with E-state index in [9.17, 15) is 9.18 Å². The highest BCUT2D eigenvalue weighted by Gasteiger charge is 2.12. The molecular weight excluding hydrogens is 247 g/mol. The number of allylic oxidation sites excluding steroid dienone is 1. The number of rotatable bonds is 5. The molecule has 102 valence electrons. The van der Waals surface area contributed by atoms with Gasteiger partial charge in [-0.3, -0.25) is 0 Å². The first kappa shape index (κ1) is 14.9. The lowest BCUT2D eigenvalue weighted by molar-refractivity contribution is 0.0600. The highest BCUT2D eigenvalue weighted by molar-refractivity contribution is 5.93. The molecule has 0 aromatic heterocycles. The highest BCUT2D eigenvalue weighted by Crippen LogP contribution is 2.20. The summed E-state index contributed by atoms with van der Waals surface area (Å²) in [4.78, 5) is 11.5. The SMILES string of the molecule is CC/C(C=N)=C(/NC)c1cc(F)cc(C(=O)OC)c1. The first-order valence-electron chi connectivity index (χ1n) is 5.88. The molecule has 1 rings (SSSR count). The number of esters is 1. The standard InChI is InChI=1S/C14H17FN2O2/c1-4-9(8-16)13(17-2)10-5-11(14(18)19-3)7-12(15)6-10/h5-8,16-17H,4H2,1-3H3/b13-9-,16-8?. The van der Waals surface area contributed by atoms with Crippen molar-refractivity contribution in [3.05, 3.63) is 40.7 Å². The molecule has 1 aromatic rings. The van der Waals surface area contributed by atoms with E-state index < -0.39 is 11.8 Å². The van der Waals surface area contributed by atoms with E-state index in [1.54, 1.807) is 13.1 Å². The van der Waals surface area contributed by atoms with E-state index in [2.05, 4.69) is 10.1 Å². The molecular formula is C14H17FN2O2. The number of hydrogen-bond donors (Lipinski definition) is 2. The lowest BCUT2D eigenvalue weighted by Crippen LogP contribution is -2.11. The number of benzene rings is 1. The van der Waals surface area contributed by atoms with E-state index in [-0.39, 0.29) is 5.56 Å². The summed E-state index contributed by atoms with van der Waals surface area (Å²) >= 11 is 0.